The first-order valence-corrected chi connectivity index (χ1v) is 4.95. The van der Waals surface area contributed by atoms with E-state index in [1.807, 2.05) is 0 Å². The second-order valence-corrected chi connectivity index (χ2v) is 3.71. The minimum absolute atomic E-state index is 0.0869. The smallest absolute Gasteiger partial charge is 0.265 e. The van der Waals surface area contributed by atoms with Crippen molar-refractivity contribution in [2.24, 2.45) is 5.73 Å². The van der Waals surface area contributed by atoms with E-state index in [9.17, 15) is 8.78 Å². The highest BCUT2D eigenvalue weighted by Gasteiger charge is 2.16. The monoisotopic (exact) mass is 314 g/mol. The molecule has 0 aliphatic rings. The van der Waals surface area contributed by atoms with Crippen LogP contribution in [-0.4, -0.2) is 10.1 Å². The zero-order valence-electron chi connectivity index (χ0n) is 7.17. The van der Waals surface area contributed by atoms with Gasteiger partial charge in [0.25, 0.3) is 6.43 Å². The molecule has 78 valence electrons. The Morgan fingerprint density at radius 2 is 2.21 bits per heavy atom. The van der Waals surface area contributed by atoms with Gasteiger partial charge in [-0.05, 0) is 28.7 Å². The molecule has 1 aromatic heterocycles. The molecule has 1 heterocycles. The van der Waals surface area contributed by atoms with Crippen molar-refractivity contribution in [2.75, 3.05) is 0 Å². The van der Waals surface area contributed by atoms with Gasteiger partial charge in [-0.3, -0.25) is 4.98 Å². The Morgan fingerprint density at radius 3 is 2.64 bits per heavy atom. The highest BCUT2D eigenvalue weighted by molar-refractivity contribution is 14.1. The fourth-order valence-electron chi connectivity index (χ4n) is 1.03. The number of nitrogens with zero attached hydrogens (tertiary/aromatic N) is 1. The summed E-state index contributed by atoms with van der Waals surface area (Å²) in [6.45, 7) is -0.268. The standard InChI is InChI=1S/C8H9F2IN2O/c9-8(10)5-1-4(2-12)13-6(3-14)7(5)11/h1,8,14H,2-3,12H2. The van der Waals surface area contributed by atoms with Crippen molar-refractivity contribution in [2.45, 2.75) is 19.6 Å². The predicted octanol–water partition coefficient (Wildman–Crippen LogP) is 1.57. The van der Waals surface area contributed by atoms with E-state index in [0.717, 1.165) is 0 Å². The van der Waals surface area contributed by atoms with Crippen LogP contribution in [0.5, 0.6) is 0 Å². The van der Waals surface area contributed by atoms with Gasteiger partial charge in [0, 0.05) is 15.7 Å². The number of aliphatic hydroxyl groups excluding tert-OH is 1. The first kappa shape index (κ1) is 11.7. The number of nitrogens with two attached hydrogens (primary N) is 1. The lowest BCUT2D eigenvalue weighted by molar-refractivity contribution is 0.149. The number of aromatic nitrogens is 1. The number of halogens is 3. The molecular formula is C8H9F2IN2O. The molecule has 0 aliphatic heterocycles. The zero-order valence-corrected chi connectivity index (χ0v) is 9.33. The summed E-state index contributed by atoms with van der Waals surface area (Å²) in [7, 11) is 0. The summed E-state index contributed by atoms with van der Waals surface area (Å²) in [4.78, 5) is 3.94. The van der Waals surface area contributed by atoms with Crippen molar-refractivity contribution in [1.82, 2.24) is 4.98 Å². The van der Waals surface area contributed by atoms with Gasteiger partial charge in [0.05, 0.1) is 18.0 Å². The van der Waals surface area contributed by atoms with E-state index < -0.39 is 6.43 Å². The lowest BCUT2D eigenvalue weighted by Gasteiger charge is -2.09. The molecule has 0 amide bonds. The van der Waals surface area contributed by atoms with Gasteiger partial charge in [0.2, 0.25) is 0 Å². The van der Waals surface area contributed by atoms with E-state index in [4.69, 9.17) is 10.8 Å². The summed E-state index contributed by atoms with van der Waals surface area (Å²) in [6, 6.07) is 1.27. The number of hydrogen-bond donors (Lipinski definition) is 2. The quantitative estimate of drug-likeness (QED) is 0.833. The molecule has 3 N–H and O–H groups in total. The summed E-state index contributed by atoms with van der Waals surface area (Å²) in [5.41, 5.74) is 5.80. The second kappa shape index (κ2) is 4.94. The molecule has 0 saturated carbocycles. The number of alkyl halides is 2. The van der Waals surface area contributed by atoms with E-state index in [-0.39, 0.29) is 24.4 Å². The van der Waals surface area contributed by atoms with Crippen LogP contribution in [0.4, 0.5) is 8.78 Å². The molecule has 0 atom stereocenters. The maximum Gasteiger partial charge on any atom is 0.265 e. The fraction of sp³-hybridized carbons (Fsp3) is 0.375. The normalized spacial score (nSPS) is 11.0. The minimum Gasteiger partial charge on any atom is -0.390 e. The third kappa shape index (κ3) is 2.37. The summed E-state index contributed by atoms with van der Waals surface area (Å²) in [5.74, 6) is 0. The second-order valence-electron chi connectivity index (χ2n) is 2.63. The van der Waals surface area contributed by atoms with Crippen LogP contribution in [0.3, 0.4) is 0 Å². The lowest BCUT2D eigenvalue weighted by atomic mass is 10.2. The highest BCUT2D eigenvalue weighted by atomic mass is 127. The van der Waals surface area contributed by atoms with E-state index >= 15 is 0 Å². The van der Waals surface area contributed by atoms with E-state index in [0.29, 0.717) is 9.26 Å². The number of pyridine rings is 1. The average molecular weight is 314 g/mol. The third-order valence-corrected chi connectivity index (χ3v) is 2.95. The Hall–Kier alpha value is -0.340. The van der Waals surface area contributed by atoms with Gasteiger partial charge in [0.15, 0.2) is 0 Å². The molecule has 1 rings (SSSR count). The summed E-state index contributed by atoms with van der Waals surface area (Å²) >= 11 is 1.75. The van der Waals surface area contributed by atoms with E-state index in [1.165, 1.54) is 6.07 Å². The fourth-order valence-corrected chi connectivity index (χ4v) is 1.71. The van der Waals surface area contributed by atoms with Crippen LogP contribution in [0, 0.1) is 3.57 Å². The molecule has 0 aliphatic carbocycles. The van der Waals surface area contributed by atoms with Gasteiger partial charge < -0.3 is 10.8 Å². The van der Waals surface area contributed by atoms with Crippen molar-refractivity contribution in [3.8, 4) is 0 Å². The van der Waals surface area contributed by atoms with Gasteiger partial charge in [-0.2, -0.15) is 0 Å². The van der Waals surface area contributed by atoms with Crippen LogP contribution >= 0.6 is 22.6 Å². The van der Waals surface area contributed by atoms with Crippen LogP contribution in [0.2, 0.25) is 0 Å². The first-order valence-electron chi connectivity index (χ1n) is 3.87. The molecule has 0 bridgehead atoms. The third-order valence-electron chi connectivity index (χ3n) is 1.70. The summed E-state index contributed by atoms with van der Waals surface area (Å²) in [5, 5.41) is 8.89. The largest absolute Gasteiger partial charge is 0.390 e. The molecule has 14 heavy (non-hydrogen) atoms. The van der Waals surface area contributed by atoms with Gasteiger partial charge in [-0.15, -0.1) is 0 Å². The van der Waals surface area contributed by atoms with Crippen LogP contribution in [0.1, 0.15) is 23.4 Å². The van der Waals surface area contributed by atoms with Crippen LogP contribution in [-0.2, 0) is 13.2 Å². The molecule has 6 heteroatoms. The maximum absolute atomic E-state index is 12.5. The average Bonchev–Trinajstić information content (AvgIpc) is 2.17. The zero-order chi connectivity index (χ0) is 10.7. The Bertz CT molecular complexity index is 333. The Balaban J connectivity index is 3.27. The topological polar surface area (TPSA) is 59.1 Å². The molecule has 1 aromatic rings. The molecular weight excluding hydrogens is 305 g/mol. The SMILES string of the molecule is NCc1cc(C(F)F)c(I)c(CO)n1. The van der Waals surface area contributed by atoms with Crippen LogP contribution in [0.15, 0.2) is 6.07 Å². The lowest BCUT2D eigenvalue weighted by Crippen LogP contribution is -2.07. The molecule has 3 nitrogen and oxygen atoms in total. The minimum atomic E-state index is -2.57. The Labute approximate surface area is 93.5 Å². The van der Waals surface area contributed by atoms with Gasteiger partial charge in [-0.25, -0.2) is 8.78 Å². The van der Waals surface area contributed by atoms with Crippen molar-refractivity contribution < 1.29 is 13.9 Å². The molecule has 0 fully saturated rings. The number of rotatable bonds is 3. The summed E-state index contributed by atoms with van der Waals surface area (Å²) < 4.78 is 25.3. The molecule has 0 radical (unpaired) electrons. The first-order chi connectivity index (χ1) is 6.60. The maximum atomic E-state index is 12.5. The van der Waals surface area contributed by atoms with Gasteiger partial charge in [0.1, 0.15) is 0 Å². The predicted molar refractivity (Wildman–Crippen MR) is 55.7 cm³/mol. The van der Waals surface area contributed by atoms with E-state index in [2.05, 4.69) is 4.98 Å². The van der Waals surface area contributed by atoms with Gasteiger partial charge >= 0.3 is 0 Å². The summed E-state index contributed by atoms with van der Waals surface area (Å²) in [6.07, 6.45) is -2.57. The molecule has 0 spiro atoms. The Kier molecular flexibility index (Phi) is 4.14. The number of hydrogen-bond acceptors (Lipinski definition) is 3. The van der Waals surface area contributed by atoms with Crippen molar-refractivity contribution in [1.29, 1.82) is 0 Å². The van der Waals surface area contributed by atoms with Crippen molar-refractivity contribution >= 4 is 22.6 Å². The van der Waals surface area contributed by atoms with Crippen LogP contribution < -0.4 is 5.73 Å². The van der Waals surface area contributed by atoms with Crippen molar-refractivity contribution in [3.63, 3.8) is 0 Å². The van der Waals surface area contributed by atoms with Gasteiger partial charge in [-0.1, -0.05) is 0 Å². The molecule has 0 unspecified atom stereocenters. The molecule has 0 aromatic carbocycles. The number of aliphatic hydroxyl groups is 1. The Morgan fingerprint density at radius 1 is 1.57 bits per heavy atom. The van der Waals surface area contributed by atoms with E-state index in [1.54, 1.807) is 22.6 Å². The van der Waals surface area contributed by atoms with Crippen molar-refractivity contribution in [3.05, 3.63) is 26.6 Å². The highest BCUT2D eigenvalue weighted by Crippen LogP contribution is 2.26. The molecule has 0 saturated heterocycles. The van der Waals surface area contributed by atoms with Crippen LogP contribution in [0.25, 0.3) is 0 Å².